The zero-order valence-electron chi connectivity index (χ0n) is 16.8. The standard InChI is InChI=1S/C22H18N2O6S/c1-3-29-21(27)14-8-9-15-18(11-14)31-22(24(15)12-19(25)28-2)23-20(26)17-10-13-6-4-5-7-16(13)30-17/h4-11H,3,12H2,1-2H3. The van der Waals surface area contributed by atoms with Crippen molar-refractivity contribution in [2.75, 3.05) is 13.7 Å². The molecule has 0 aliphatic rings. The van der Waals surface area contributed by atoms with Crippen LogP contribution in [0.4, 0.5) is 0 Å². The summed E-state index contributed by atoms with van der Waals surface area (Å²) in [4.78, 5) is 41.3. The Hall–Kier alpha value is -3.72. The average Bonchev–Trinajstić information content (AvgIpc) is 3.35. The number of furan rings is 1. The fourth-order valence-corrected chi connectivity index (χ4v) is 4.14. The van der Waals surface area contributed by atoms with Gasteiger partial charge in [0.2, 0.25) is 0 Å². The molecule has 31 heavy (non-hydrogen) atoms. The molecule has 0 N–H and O–H groups in total. The Balaban J connectivity index is 1.81. The zero-order chi connectivity index (χ0) is 22.0. The van der Waals surface area contributed by atoms with E-state index in [1.54, 1.807) is 41.8 Å². The van der Waals surface area contributed by atoms with E-state index in [9.17, 15) is 14.4 Å². The van der Waals surface area contributed by atoms with Gasteiger partial charge in [0.15, 0.2) is 10.6 Å². The summed E-state index contributed by atoms with van der Waals surface area (Å²) >= 11 is 1.17. The van der Waals surface area contributed by atoms with Crippen LogP contribution in [0, 0.1) is 0 Å². The summed E-state index contributed by atoms with van der Waals surface area (Å²) in [5.41, 5.74) is 1.59. The summed E-state index contributed by atoms with van der Waals surface area (Å²) in [5, 5.41) is 0.791. The quantitative estimate of drug-likeness (QED) is 0.442. The minimum atomic E-state index is -0.577. The molecule has 4 aromatic rings. The first kappa shape index (κ1) is 20.5. The molecule has 8 nitrogen and oxygen atoms in total. The number of aromatic nitrogens is 1. The number of para-hydroxylation sites is 1. The Morgan fingerprint density at radius 1 is 1.13 bits per heavy atom. The summed E-state index contributed by atoms with van der Waals surface area (Å²) in [5.74, 6) is -1.43. The van der Waals surface area contributed by atoms with Gasteiger partial charge in [-0.3, -0.25) is 9.59 Å². The number of hydrogen-bond acceptors (Lipinski definition) is 7. The zero-order valence-corrected chi connectivity index (χ0v) is 17.6. The minimum absolute atomic E-state index is 0.0930. The Morgan fingerprint density at radius 3 is 2.68 bits per heavy atom. The molecule has 2 aromatic carbocycles. The summed E-state index contributed by atoms with van der Waals surface area (Å²) in [6.45, 7) is 1.85. The van der Waals surface area contributed by atoms with E-state index in [4.69, 9.17) is 13.9 Å². The van der Waals surface area contributed by atoms with Crippen molar-refractivity contribution in [3.63, 3.8) is 0 Å². The molecule has 0 fully saturated rings. The summed E-state index contributed by atoms with van der Waals surface area (Å²) < 4.78 is 17.7. The van der Waals surface area contributed by atoms with Gasteiger partial charge < -0.3 is 18.5 Å². The number of fused-ring (bicyclic) bond motifs is 2. The third-order valence-electron chi connectivity index (χ3n) is 4.54. The number of esters is 2. The fraction of sp³-hybridized carbons (Fsp3) is 0.182. The molecule has 0 saturated heterocycles. The van der Waals surface area contributed by atoms with Gasteiger partial charge in [-0.2, -0.15) is 4.99 Å². The highest BCUT2D eigenvalue weighted by molar-refractivity contribution is 7.16. The monoisotopic (exact) mass is 438 g/mol. The topological polar surface area (TPSA) is 100 Å². The maximum atomic E-state index is 12.8. The lowest BCUT2D eigenvalue weighted by molar-refractivity contribution is -0.141. The van der Waals surface area contributed by atoms with Gasteiger partial charge in [0.05, 0.1) is 29.5 Å². The molecule has 9 heteroatoms. The lowest BCUT2D eigenvalue weighted by Crippen LogP contribution is -2.22. The van der Waals surface area contributed by atoms with Crippen molar-refractivity contribution in [2.45, 2.75) is 13.5 Å². The Morgan fingerprint density at radius 2 is 1.94 bits per heavy atom. The summed E-state index contributed by atoms with van der Waals surface area (Å²) in [6.07, 6.45) is 0. The van der Waals surface area contributed by atoms with Gasteiger partial charge in [-0.1, -0.05) is 29.5 Å². The molecular weight excluding hydrogens is 420 g/mol. The molecule has 4 rings (SSSR count). The van der Waals surface area contributed by atoms with Crippen LogP contribution in [-0.4, -0.2) is 36.1 Å². The number of ether oxygens (including phenoxy) is 2. The number of hydrogen-bond donors (Lipinski definition) is 0. The van der Waals surface area contributed by atoms with Crippen LogP contribution in [-0.2, 0) is 20.8 Å². The van der Waals surface area contributed by atoms with Crippen molar-refractivity contribution in [2.24, 2.45) is 4.99 Å². The van der Waals surface area contributed by atoms with Crippen LogP contribution in [0.3, 0.4) is 0 Å². The van der Waals surface area contributed by atoms with Crippen LogP contribution in [0.2, 0.25) is 0 Å². The van der Waals surface area contributed by atoms with Crippen molar-refractivity contribution in [3.05, 3.63) is 64.7 Å². The molecule has 0 aliphatic carbocycles. The lowest BCUT2D eigenvalue weighted by Gasteiger charge is -2.04. The fourth-order valence-electron chi connectivity index (χ4n) is 3.08. The van der Waals surface area contributed by atoms with E-state index in [2.05, 4.69) is 4.99 Å². The van der Waals surface area contributed by atoms with E-state index in [0.29, 0.717) is 21.4 Å². The van der Waals surface area contributed by atoms with E-state index >= 15 is 0 Å². The predicted octanol–water partition coefficient (Wildman–Crippen LogP) is 3.54. The molecule has 0 saturated carbocycles. The van der Waals surface area contributed by atoms with E-state index in [-0.39, 0.29) is 23.7 Å². The first-order valence-corrected chi connectivity index (χ1v) is 10.3. The van der Waals surface area contributed by atoms with Gasteiger partial charge >= 0.3 is 17.8 Å². The molecular formula is C22H18N2O6S. The number of amides is 1. The van der Waals surface area contributed by atoms with E-state index in [0.717, 1.165) is 5.39 Å². The second-order valence-electron chi connectivity index (χ2n) is 6.52. The van der Waals surface area contributed by atoms with Crippen molar-refractivity contribution in [3.8, 4) is 0 Å². The van der Waals surface area contributed by atoms with Crippen molar-refractivity contribution in [1.82, 2.24) is 4.57 Å². The van der Waals surface area contributed by atoms with Crippen LogP contribution < -0.4 is 4.80 Å². The normalized spacial score (nSPS) is 11.7. The molecule has 1 amide bonds. The molecule has 0 atom stereocenters. The van der Waals surface area contributed by atoms with Gasteiger partial charge in [0, 0.05) is 5.39 Å². The summed E-state index contributed by atoms with van der Waals surface area (Å²) in [6, 6.07) is 13.8. The first-order valence-electron chi connectivity index (χ1n) is 9.45. The largest absolute Gasteiger partial charge is 0.468 e. The van der Waals surface area contributed by atoms with Crippen molar-refractivity contribution >= 4 is 50.4 Å². The highest BCUT2D eigenvalue weighted by Crippen LogP contribution is 2.22. The number of carbonyl (C=O) groups is 3. The molecule has 2 heterocycles. The molecule has 0 unspecified atom stereocenters. The third kappa shape index (κ3) is 4.13. The second kappa shape index (κ2) is 8.57. The lowest BCUT2D eigenvalue weighted by atomic mass is 10.2. The number of methoxy groups -OCH3 is 1. The molecule has 2 aromatic heterocycles. The van der Waals surface area contributed by atoms with Crippen LogP contribution in [0.5, 0.6) is 0 Å². The van der Waals surface area contributed by atoms with Gasteiger partial charge in [-0.25, -0.2) is 4.79 Å². The van der Waals surface area contributed by atoms with Gasteiger partial charge in [0.25, 0.3) is 0 Å². The van der Waals surface area contributed by atoms with Gasteiger partial charge in [-0.15, -0.1) is 0 Å². The first-order chi connectivity index (χ1) is 15.0. The SMILES string of the molecule is CCOC(=O)c1ccc2c(c1)sc(=NC(=O)c1cc3ccccc3o1)n2CC(=O)OC. The molecule has 0 aliphatic heterocycles. The molecule has 0 radical (unpaired) electrons. The Kier molecular flexibility index (Phi) is 5.68. The highest BCUT2D eigenvalue weighted by Gasteiger charge is 2.16. The van der Waals surface area contributed by atoms with Crippen LogP contribution in [0.15, 0.2) is 57.9 Å². The maximum absolute atomic E-state index is 12.8. The number of rotatable bonds is 5. The molecule has 0 bridgehead atoms. The number of carbonyl (C=O) groups excluding carboxylic acids is 3. The smallest absolute Gasteiger partial charge is 0.338 e. The molecule has 158 valence electrons. The Labute approximate surface area is 180 Å². The van der Waals surface area contributed by atoms with E-state index in [1.165, 1.54) is 18.4 Å². The molecule has 0 spiro atoms. The van der Waals surface area contributed by atoms with Crippen molar-refractivity contribution < 1.29 is 28.3 Å². The van der Waals surface area contributed by atoms with Crippen LogP contribution >= 0.6 is 11.3 Å². The third-order valence-corrected chi connectivity index (χ3v) is 5.58. The van der Waals surface area contributed by atoms with Crippen LogP contribution in [0.1, 0.15) is 27.8 Å². The van der Waals surface area contributed by atoms with Gasteiger partial charge in [-0.05, 0) is 37.3 Å². The Bertz CT molecular complexity index is 1340. The average molecular weight is 438 g/mol. The van der Waals surface area contributed by atoms with Gasteiger partial charge in [0.1, 0.15) is 12.1 Å². The van der Waals surface area contributed by atoms with E-state index in [1.807, 2.05) is 18.2 Å². The predicted molar refractivity (Wildman–Crippen MR) is 114 cm³/mol. The highest BCUT2D eigenvalue weighted by atomic mass is 32.1. The van der Waals surface area contributed by atoms with Crippen LogP contribution in [0.25, 0.3) is 21.2 Å². The van der Waals surface area contributed by atoms with Crippen molar-refractivity contribution in [1.29, 1.82) is 0 Å². The minimum Gasteiger partial charge on any atom is -0.468 e. The van der Waals surface area contributed by atoms with E-state index < -0.39 is 17.8 Å². The maximum Gasteiger partial charge on any atom is 0.338 e. The number of nitrogens with zero attached hydrogens (tertiary/aromatic N) is 2. The number of thiazole rings is 1. The second-order valence-corrected chi connectivity index (χ2v) is 7.52. The number of benzene rings is 2. The summed E-state index contributed by atoms with van der Waals surface area (Å²) in [7, 11) is 1.28.